The van der Waals surface area contributed by atoms with Crippen LogP contribution in [0.25, 0.3) is 0 Å². The van der Waals surface area contributed by atoms with Crippen LogP contribution in [-0.2, 0) is 21.3 Å². The van der Waals surface area contributed by atoms with Gasteiger partial charge in [0.2, 0.25) is 0 Å². The summed E-state index contributed by atoms with van der Waals surface area (Å²) in [5, 5.41) is 0.742. The monoisotopic (exact) mass is 422 g/mol. The van der Waals surface area contributed by atoms with Gasteiger partial charge in [-0.3, -0.25) is 0 Å². The molecule has 2 aromatic carbocycles. The SMILES string of the molecule is COc1ccc(Br)cc1CS(=O)(=O)Cc1ccc(Cl)c(Cl)c1. The average molecular weight is 424 g/mol. The second-order valence-electron chi connectivity index (χ2n) is 4.74. The van der Waals surface area contributed by atoms with Gasteiger partial charge in [-0.15, -0.1) is 0 Å². The predicted molar refractivity (Wildman–Crippen MR) is 93.5 cm³/mol. The number of sulfone groups is 1. The summed E-state index contributed by atoms with van der Waals surface area (Å²) in [5.41, 5.74) is 1.21. The second kappa shape index (κ2) is 7.21. The van der Waals surface area contributed by atoms with Crippen LogP contribution in [0.3, 0.4) is 0 Å². The summed E-state index contributed by atoms with van der Waals surface area (Å²) < 4.78 is 30.8. The molecule has 22 heavy (non-hydrogen) atoms. The molecule has 0 atom stereocenters. The van der Waals surface area contributed by atoms with Gasteiger partial charge in [-0.05, 0) is 35.9 Å². The van der Waals surface area contributed by atoms with Crippen molar-refractivity contribution in [2.45, 2.75) is 11.5 Å². The van der Waals surface area contributed by atoms with Crippen LogP contribution in [0, 0.1) is 0 Å². The maximum absolute atomic E-state index is 12.4. The maximum atomic E-state index is 12.4. The smallest absolute Gasteiger partial charge is 0.158 e. The Labute approximate surface area is 148 Å². The lowest BCUT2D eigenvalue weighted by atomic mass is 10.2. The number of halogens is 3. The molecule has 0 saturated heterocycles. The Kier molecular flexibility index (Phi) is 5.77. The van der Waals surface area contributed by atoms with E-state index in [0.29, 0.717) is 26.9 Å². The van der Waals surface area contributed by atoms with Crippen LogP contribution in [-0.4, -0.2) is 15.5 Å². The quantitative estimate of drug-likeness (QED) is 0.688. The lowest BCUT2D eigenvalue weighted by Crippen LogP contribution is -2.08. The van der Waals surface area contributed by atoms with Gasteiger partial charge in [0, 0.05) is 10.0 Å². The number of rotatable bonds is 5. The summed E-state index contributed by atoms with van der Waals surface area (Å²) in [6, 6.07) is 10.1. The van der Waals surface area contributed by atoms with Gasteiger partial charge in [0.1, 0.15) is 5.75 Å². The maximum Gasteiger partial charge on any atom is 0.158 e. The van der Waals surface area contributed by atoms with E-state index in [-0.39, 0.29) is 11.5 Å². The van der Waals surface area contributed by atoms with E-state index < -0.39 is 9.84 Å². The van der Waals surface area contributed by atoms with Gasteiger partial charge >= 0.3 is 0 Å². The Bertz CT molecular complexity index is 791. The third kappa shape index (κ3) is 4.62. The minimum absolute atomic E-state index is 0.112. The van der Waals surface area contributed by atoms with Gasteiger partial charge in [0.25, 0.3) is 0 Å². The first-order chi connectivity index (χ1) is 10.3. The van der Waals surface area contributed by atoms with Crippen molar-refractivity contribution in [1.29, 1.82) is 0 Å². The van der Waals surface area contributed by atoms with E-state index in [1.165, 1.54) is 7.11 Å². The molecule has 0 bridgehead atoms. The van der Waals surface area contributed by atoms with Crippen LogP contribution in [0.5, 0.6) is 5.75 Å². The first kappa shape index (κ1) is 17.6. The Morgan fingerprint density at radius 2 is 1.77 bits per heavy atom. The van der Waals surface area contributed by atoms with Gasteiger partial charge in [0.15, 0.2) is 9.84 Å². The van der Waals surface area contributed by atoms with Crippen molar-refractivity contribution in [3.05, 3.63) is 62.0 Å². The summed E-state index contributed by atoms with van der Waals surface area (Å²) >= 11 is 15.1. The number of hydrogen-bond donors (Lipinski definition) is 0. The Hall–Kier alpha value is -0.750. The van der Waals surface area contributed by atoms with Gasteiger partial charge in [-0.1, -0.05) is 45.2 Å². The molecule has 2 aromatic rings. The summed E-state index contributed by atoms with van der Waals surface area (Å²) in [7, 11) is -1.86. The molecule has 2 rings (SSSR count). The fraction of sp³-hybridized carbons (Fsp3) is 0.200. The van der Waals surface area contributed by atoms with Crippen LogP contribution >= 0.6 is 39.1 Å². The molecule has 0 heterocycles. The van der Waals surface area contributed by atoms with Gasteiger partial charge in [-0.25, -0.2) is 8.42 Å². The van der Waals surface area contributed by atoms with E-state index in [0.717, 1.165) is 4.47 Å². The Balaban J connectivity index is 2.24. The molecule has 0 fully saturated rings. The molecule has 0 saturated carbocycles. The zero-order chi connectivity index (χ0) is 16.3. The predicted octanol–water partition coefficient (Wildman–Crippen LogP) is 4.88. The average Bonchev–Trinajstić information content (AvgIpc) is 2.42. The number of ether oxygens (including phenoxy) is 1. The van der Waals surface area contributed by atoms with Crippen molar-refractivity contribution in [3.8, 4) is 5.75 Å². The molecule has 0 aliphatic carbocycles. The fourth-order valence-corrected chi connectivity index (χ4v) is 4.25. The summed E-state index contributed by atoms with van der Waals surface area (Å²) in [5.74, 6) is 0.316. The molecule has 0 aromatic heterocycles. The first-order valence-corrected chi connectivity index (χ1v) is 9.64. The van der Waals surface area contributed by atoms with E-state index in [9.17, 15) is 8.42 Å². The molecule has 7 heteroatoms. The molecular weight excluding hydrogens is 411 g/mol. The summed E-state index contributed by atoms with van der Waals surface area (Å²) in [6.45, 7) is 0. The van der Waals surface area contributed by atoms with Crippen molar-refractivity contribution in [2.24, 2.45) is 0 Å². The molecule has 0 aliphatic heterocycles. The molecule has 0 amide bonds. The van der Waals surface area contributed by atoms with Crippen molar-refractivity contribution in [2.75, 3.05) is 7.11 Å². The van der Waals surface area contributed by atoms with Gasteiger partial charge < -0.3 is 4.74 Å². The van der Waals surface area contributed by atoms with Crippen LogP contribution < -0.4 is 4.74 Å². The lowest BCUT2D eigenvalue weighted by molar-refractivity contribution is 0.411. The van der Waals surface area contributed by atoms with E-state index in [2.05, 4.69) is 15.9 Å². The van der Waals surface area contributed by atoms with Gasteiger partial charge in [-0.2, -0.15) is 0 Å². The molecule has 0 N–H and O–H groups in total. The van der Waals surface area contributed by atoms with Gasteiger partial charge in [0.05, 0.1) is 28.7 Å². The molecule has 0 aliphatic rings. The number of methoxy groups -OCH3 is 1. The normalized spacial score (nSPS) is 11.5. The van der Waals surface area contributed by atoms with E-state index in [1.54, 1.807) is 36.4 Å². The summed E-state index contributed by atoms with van der Waals surface area (Å²) in [4.78, 5) is 0. The largest absolute Gasteiger partial charge is 0.496 e. The van der Waals surface area contributed by atoms with Crippen molar-refractivity contribution in [1.82, 2.24) is 0 Å². The minimum atomic E-state index is -3.37. The van der Waals surface area contributed by atoms with Crippen LogP contribution in [0.4, 0.5) is 0 Å². The van der Waals surface area contributed by atoms with Crippen LogP contribution in [0.15, 0.2) is 40.9 Å². The molecule has 0 radical (unpaired) electrons. The van der Waals surface area contributed by atoms with E-state index in [4.69, 9.17) is 27.9 Å². The van der Waals surface area contributed by atoms with Crippen LogP contribution in [0.2, 0.25) is 10.0 Å². The van der Waals surface area contributed by atoms with Crippen molar-refractivity contribution >= 4 is 49.0 Å². The molecular formula is C15H13BrCl2O3S. The highest BCUT2D eigenvalue weighted by atomic mass is 79.9. The fourth-order valence-electron chi connectivity index (χ4n) is 2.03. The number of hydrogen-bond acceptors (Lipinski definition) is 3. The standard InChI is InChI=1S/C15H13BrCl2O3S/c1-21-15-5-3-12(16)7-11(15)9-22(19,20)8-10-2-4-13(17)14(18)6-10/h2-7H,8-9H2,1H3. The molecule has 3 nitrogen and oxygen atoms in total. The highest BCUT2D eigenvalue weighted by Gasteiger charge is 2.17. The zero-order valence-corrected chi connectivity index (χ0v) is 15.6. The molecule has 118 valence electrons. The van der Waals surface area contributed by atoms with E-state index >= 15 is 0 Å². The minimum Gasteiger partial charge on any atom is -0.496 e. The highest BCUT2D eigenvalue weighted by molar-refractivity contribution is 9.10. The third-order valence-corrected chi connectivity index (χ3v) is 5.74. The molecule has 0 unspecified atom stereocenters. The Morgan fingerprint density at radius 1 is 1.05 bits per heavy atom. The zero-order valence-electron chi connectivity index (χ0n) is 11.6. The van der Waals surface area contributed by atoms with E-state index in [1.807, 2.05) is 0 Å². The molecule has 0 spiro atoms. The topological polar surface area (TPSA) is 43.4 Å². The number of benzene rings is 2. The second-order valence-corrected chi connectivity index (χ2v) is 8.53. The van der Waals surface area contributed by atoms with Crippen molar-refractivity contribution < 1.29 is 13.2 Å². The third-order valence-electron chi connectivity index (χ3n) is 2.99. The lowest BCUT2D eigenvalue weighted by Gasteiger charge is -2.10. The van der Waals surface area contributed by atoms with Crippen LogP contribution in [0.1, 0.15) is 11.1 Å². The first-order valence-electron chi connectivity index (χ1n) is 6.27. The Morgan fingerprint density at radius 3 is 2.41 bits per heavy atom. The summed E-state index contributed by atoms with van der Waals surface area (Å²) in [6.07, 6.45) is 0. The highest BCUT2D eigenvalue weighted by Crippen LogP contribution is 2.27. The van der Waals surface area contributed by atoms with Crippen molar-refractivity contribution in [3.63, 3.8) is 0 Å².